The number of rotatable bonds is 17. The fourth-order valence-electron chi connectivity index (χ4n) is 2.24. The first-order chi connectivity index (χ1) is 14.7. The molecule has 0 aromatic carbocycles. The molecule has 0 aromatic rings. The SMILES string of the molecule is CNC(=O)OCC(COC(=O)NC)OCCCC(=O)NCCCCCCOP(C)(=O)O. The van der Waals surface area contributed by atoms with Crippen LogP contribution < -0.4 is 16.0 Å². The summed E-state index contributed by atoms with van der Waals surface area (Å²) in [6.45, 7) is 2.00. The van der Waals surface area contributed by atoms with Crippen LogP contribution in [0.25, 0.3) is 0 Å². The lowest BCUT2D eigenvalue weighted by atomic mass is 10.2. The summed E-state index contributed by atoms with van der Waals surface area (Å²) in [6.07, 6.45) is 2.06. The van der Waals surface area contributed by atoms with E-state index in [0.717, 1.165) is 25.9 Å². The zero-order valence-electron chi connectivity index (χ0n) is 18.5. The van der Waals surface area contributed by atoms with Crippen LogP contribution in [0.5, 0.6) is 0 Å². The Morgan fingerprint density at radius 3 is 2.03 bits per heavy atom. The molecule has 1 atom stereocenters. The molecule has 0 aromatic heterocycles. The van der Waals surface area contributed by atoms with Gasteiger partial charge in [0.05, 0.1) is 6.61 Å². The van der Waals surface area contributed by atoms with Gasteiger partial charge >= 0.3 is 19.8 Å². The minimum atomic E-state index is -3.40. The lowest BCUT2D eigenvalue weighted by Gasteiger charge is -2.17. The van der Waals surface area contributed by atoms with Crippen LogP contribution in [0, 0.1) is 0 Å². The van der Waals surface area contributed by atoms with Gasteiger partial charge in [0.15, 0.2) is 0 Å². The molecule has 0 heterocycles. The Morgan fingerprint density at radius 1 is 0.903 bits per heavy atom. The van der Waals surface area contributed by atoms with Crippen molar-refractivity contribution in [1.29, 1.82) is 0 Å². The summed E-state index contributed by atoms with van der Waals surface area (Å²) in [7, 11) is -0.548. The van der Waals surface area contributed by atoms with Crippen LogP contribution in [0.15, 0.2) is 0 Å². The molecule has 182 valence electrons. The van der Waals surface area contributed by atoms with Gasteiger partial charge in [-0.3, -0.25) is 9.36 Å². The predicted octanol–water partition coefficient (Wildman–Crippen LogP) is 1.37. The highest BCUT2D eigenvalue weighted by Crippen LogP contribution is 2.36. The third kappa shape index (κ3) is 19.8. The van der Waals surface area contributed by atoms with Crippen molar-refractivity contribution in [1.82, 2.24) is 16.0 Å². The van der Waals surface area contributed by atoms with E-state index in [-0.39, 0.29) is 38.8 Å². The number of hydrogen-bond donors (Lipinski definition) is 4. The first kappa shape index (κ1) is 29.1. The third-order valence-corrected chi connectivity index (χ3v) is 4.50. The van der Waals surface area contributed by atoms with Crippen LogP contribution in [0.1, 0.15) is 38.5 Å². The summed E-state index contributed by atoms with van der Waals surface area (Å²) < 4.78 is 31.1. The van der Waals surface area contributed by atoms with Crippen molar-refractivity contribution in [3.8, 4) is 0 Å². The number of unbranched alkanes of at least 4 members (excludes halogenated alkanes) is 3. The summed E-state index contributed by atoms with van der Waals surface area (Å²) in [5.41, 5.74) is 0. The second-order valence-electron chi connectivity index (χ2n) is 6.69. The van der Waals surface area contributed by atoms with Crippen LogP contribution >= 0.6 is 7.60 Å². The van der Waals surface area contributed by atoms with Crippen molar-refractivity contribution in [3.05, 3.63) is 0 Å². The molecule has 0 fully saturated rings. The van der Waals surface area contributed by atoms with E-state index >= 15 is 0 Å². The van der Waals surface area contributed by atoms with E-state index in [2.05, 4.69) is 16.0 Å². The predicted molar refractivity (Wildman–Crippen MR) is 113 cm³/mol. The molecule has 4 N–H and O–H groups in total. The summed E-state index contributed by atoms with van der Waals surface area (Å²) in [6, 6.07) is 0. The number of ether oxygens (including phenoxy) is 3. The van der Waals surface area contributed by atoms with E-state index in [1.54, 1.807) is 0 Å². The van der Waals surface area contributed by atoms with Crippen molar-refractivity contribution in [2.45, 2.75) is 44.6 Å². The zero-order valence-corrected chi connectivity index (χ0v) is 19.4. The lowest BCUT2D eigenvalue weighted by Crippen LogP contribution is -2.33. The van der Waals surface area contributed by atoms with E-state index < -0.39 is 25.9 Å². The van der Waals surface area contributed by atoms with E-state index in [1.807, 2.05) is 0 Å². The number of carbonyl (C=O) groups is 3. The fraction of sp³-hybridized carbons (Fsp3) is 0.833. The summed E-state index contributed by atoms with van der Waals surface area (Å²) in [5, 5.41) is 7.43. The Balaban J connectivity index is 3.85. The minimum Gasteiger partial charge on any atom is -0.447 e. The van der Waals surface area contributed by atoms with Crippen LogP contribution in [-0.4, -0.2) is 82.8 Å². The van der Waals surface area contributed by atoms with Gasteiger partial charge in [-0.15, -0.1) is 0 Å². The van der Waals surface area contributed by atoms with Crippen LogP contribution in [0.2, 0.25) is 0 Å². The monoisotopic (exact) mass is 469 g/mol. The number of alkyl carbamates (subject to hydrolysis) is 2. The van der Waals surface area contributed by atoms with E-state index in [1.165, 1.54) is 14.1 Å². The second kappa shape index (κ2) is 17.8. The molecule has 13 heteroatoms. The molecule has 3 amide bonds. The molecule has 1 unspecified atom stereocenters. The Morgan fingerprint density at radius 2 is 1.48 bits per heavy atom. The normalized spacial score (nSPS) is 12.7. The van der Waals surface area contributed by atoms with Gasteiger partial charge < -0.3 is 39.6 Å². The molecule has 0 aliphatic heterocycles. The van der Waals surface area contributed by atoms with Crippen molar-refractivity contribution in [3.63, 3.8) is 0 Å². The summed E-state index contributed by atoms with van der Waals surface area (Å²) in [5.74, 6) is -0.0982. The van der Waals surface area contributed by atoms with Crippen molar-refractivity contribution in [2.24, 2.45) is 0 Å². The van der Waals surface area contributed by atoms with E-state index in [9.17, 15) is 18.9 Å². The first-order valence-electron chi connectivity index (χ1n) is 10.2. The topological polar surface area (TPSA) is 162 Å². The molecule has 12 nitrogen and oxygen atoms in total. The molecule has 0 bridgehead atoms. The highest BCUT2D eigenvalue weighted by molar-refractivity contribution is 7.51. The molecule has 0 saturated carbocycles. The zero-order chi connectivity index (χ0) is 23.5. The smallest absolute Gasteiger partial charge is 0.406 e. The first-order valence-corrected chi connectivity index (χ1v) is 12.2. The number of hydrogen-bond acceptors (Lipinski definition) is 8. The molecular formula is C18H36N3O9P. The van der Waals surface area contributed by atoms with Gasteiger partial charge in [-0.2, -0.15) is 0 Å². The van der Waals surface area contributed by atoms with Crippen molar-refractivity contribution >= 4 is 25.7 Å². The van der Waals surface area contributed by atoms with E-state index in [0.29, 0.717) is 19.4 Å². The fourth-order valence-corrected chi connectivity index (χ4v) is 2.71. The van der Waals surface area contributed by atoms with Crippen molar-refractivity contribution in [2.75, 3.05) is 53.7 Å². The Kier molecular flexibility index (Phi) is 16.7. The van der Waals surface area contributed by atoms with Gasteiger partial charge in [0.25, 0.3) is 0 Å². The molecule has 0 saturated heterocycles. The van der Waals surface area contributed by atoms with Gasteiger partial charge in [-0.05, 0) is 19.3 Å². The maximum Gasteiger partial charge on any atom is 0.406 e. The molecule has 31 heavy (non-hydrogen) atoms. The Labute approximate surface area is 183 Å². The largest absolute Gasteiger partial charge is 0.447 e. The highest BCUT2D eigenvalue weighted by atomic mass is 31.2. The number of amides is 3. The lowest BCUT2D eigenvalue weighted by molar-refractivity contribution is -0.121. The van der Waals surface area contributed by atoms with Crippen LogP contribution in [0.4, 0.5) is 9.59 Å². The molecule has 0 rings (SSSR count). The van der Waals surface area contributed by atoms with Gasteiger partial charge in [0, 0.05) is 40.3 Å². The molecule has 0 radical (unpaired) electrons. The van der Waals surface area contributed by atoms with Gasteiger partial charge in [0.2, 0.25) is 5.91 Å². The molecule has 0 aliphatic rings. The maximum absolute atomic E-state index is 11.8. The number of nitrogens with one attached hydrogen (secondary N) is 3. The number of carbonyl (C=O) groups excluding carboxylic acids is 3. The summed E-state index contributed by atoms with van der Waals surface area (Å²) >= 11 is 0. The van der Waals surface area contributed by atoms with E-state index in [4.69, 9.17) is 23.6 Å². The highest BCUT2D eigenvalue weighted by Gasteiger charge is 2.15. The summed E-state index contributed by atoms with van der Waals surface area (Å²) in [4.78, 5) is 43.2. The van der Waals surface area contributed by atoms with Crippen LogP contribution in [-0.2, 0) is 28.1 Å². The average molecular weight is 469 g/mol. The van der Waals surface area contributed by atoms with Gasteiger partial charge in [-0.25, -0.2) is 9.59 Å². The van der Waals surface area contributed by atoms with Gasteiger partial charge in [0.1, 0.15) is 19.3 Å². The quantitative estimate of drug-likeness (QED) is 0.182. The third-order valence-electron chi connectivity index (χ3n) is 3.83. The average Bonchev–Trinajstić information content (AvgIpc) is 2.72. The Hall–Kier alpha value is -1.88. The molecule has 0 spiro atoms. The molecule has 0 aliphatic carbocycles. The molecular weight excluding hydrogens is 433 g/mol. The minimum absolute atomic E-state index is 0.0952. The standard InChI is InChI=1S/C18H36N3O9P/c1-19-17(23)28-13-15(14-29-18(24)20-2)27-11-8-9-16(22)21-10-6-4-5-7-12-30-31(3,25)26/h15H,4-14H2,1-3H3,(H,19,23)(H,20,24)(H,21,22)(H,25,26). The van der Waals surface area contributed by atoms with Crippen LogP contribution in [0.3, 0.4) is 0 Å². The maximum atomic E-state index is 11.8. The Bertz CT molecular complexity index is 551. The van der Waals surface area contributed by atoms with Gasteiger partial charge in [-0.1, -0.05) is 12.8 Å². The van der Waals surface area contributed by atoms with Crippen molar-refractivity contribution < 1.29 is 42.6 Å². The second-order valence-corrected chi connectivity index (χ2v) is 8.56.